The van der Waals surface area contributed by atoms with Crippen molar-refractivity contribution >= 4 is 39.5 Å². The molecule has 4 rings (SSSR count). The van der Waals surface area contributed by atoms with E-state index in [4.69, 9.17) is 5.11 Å². The van der Waals surface area contributed by atoms with Crippen LogP contribution in [0.2, 0.25) is 0 Å². The van der Waals surface area contributed by atoms with Gasteiger partial charge in [0.25, 0.3) is 0 Å². The molecule has 1 atom stereocenters. The number of aromatic nitrogens is 3. The highest BCUT2D eigenvalue weighted by molar-refractivity contribution is 7.85. The summed E-state index contributed by atoms with van der Waals surface area (Å²) < 4.78 is 42.3. The number of fused-ring (bicyclic) bond motifs is 1. The van der Waals surface area contributed by atoms with Crippen molar-refractivity contribution in [3.8, 4) is 11.1 Å². The fourth-order valence-corrected chi connectivity index (χ4v) is 3.61. The molecule has 1 unspecified atom stereocenters. The lowest BCUT2D eigenvalue weighted by molar-refractivity contribution is 0.0696. The molecular formula is C21H14F2N4O4S. The number of aromatic amines is 1. The summed E-state index contributed by atoms with van der Waals surface area (Å²) in [6.07, 6.45) is 2.70. The second kappa shape index (κ2) is 8.27. The summed E-state index contributed by atoms with van der Waals surface area (Å²) in [6.45, 7) is 0. The van der Waals surface area contributed by atoms with Crippen LogP contribution in [0, 0.1) is 11.6 Å². The van der Waals surface area contributed by atoms with Crippen LogP contribution in [0.5, 0.6) is 0 Å². The number of carboxylic acids is 1. The first-order chi connectivity index (χ1) is 15.3. The van der Waals surface area contributed by atoms with Gasteiger partial charge in [-0.2, -0.15) is 5.10 Å². The zero-order valence-electron chi connectivity index (χ0n) is 16.3. The van der Waals surface area contributed by atoms with Gasteiger partial charge in [0.15, 0.2) is 11.5 Å². The standard InChI is InChI=1S/C21H14F2N4O4S/c1-32(31)27-18-15(22)7-6-13(16(18)23)19(28)17-14-8-12(9-24-20(14)26-25-17)10-2-4-11(5-3-10)21(29)30/h2-9,27H,1H3,(H,29,30)(H,24,25,26). The highest BCUT2D eigenvalue weighted by atomic mass is 32.2. The number of rotatable bonds is 6. The molecule has 162 valence electrons. The fraction of sp³-hybridized carbons (Fsp3) is 0.0476. The Kier molecular flexibility index (Phi) is 5.49. The van der Waals surface area contributed by atoms with Crippen molar-refractivity contribution in [2.75, 3.05) is 11.0 Å². The van der Waals surface area contributed by atoms with E-state index >= 15 is 0 Å². The molecule has 0 saturated carbocycles. The number of anilines is 1. The van der Waals surface area contributed by atoms with Crippen LogP contribution < -0.4 is 4.72 Å². The van der Waals surface area contributed by atoms with Crippen molar-refractivity contribution in [2.24, 2.45) is 0 Å². The molecule has 0 aliphatic rings. The Bertz CT molecular complexity index is 1400. The second-order valence-electron chi connectivity index (χ2n) is 6.75. The Balaban J connectivity index is 1.77. The van der Waals surface area contributed by atoms with Gasteiger partial charge in [-0.1, -0.05) is 12.1 Å². The number of carboxylic acid groups (broad SMARTS) is 1. The zero-order chi connectivity index (χ0) is 23.0. The molecule has 4 aromatic rings. The molecule has 0 fully saturated rings. The predicted octanol–water partition coefficient (Wildman–Crippen LogP) is 3.54. The molecule has 0 aliphatic carbocycles. The van der Waals surface area contributed by atoms with Crippen LogP contribution in [0.15, 0.2) is 48.7 Å². The quantitative estimate of drug-likeness (QED) is 0.381. The van der Waals surface area contributed by atoms with Crippen LogP contribution in [0.3, 0.4) is 0 Å². The van der Waals surface area contributed by atoms with E-state index < -0.39 is 45.6 Å². The number of aromatic carboxylic acids is 1. The summed E-state index contributed by atoms with van der Waals surface area (Å²) >= 11 is 0. The van der Waals surface area contributed by atoms with Crippen LogP contribution in [-0.4, -0.2) is 42.5 Å². The summed E-state index contributed by atoms with van der Waals surface area (Å²) in [4.78, 5) is 28.3. The van der Waals surface area contributed by atoms with Crippen LogP contribution in [0.4, 0.5) is 14.5 Å². The van der Waals surface area contributed by atoms with E-state index in [1.807, 2.05) is 0 Å². The summed E-state index contributed by atoms with van der Waals surface area (Å²) in [7, 11) is -1.75. The smallest absolute Gasteiger partial charge is 0.335 e. The van der Waals surface area contributed by atoms with Gasteiger partial charge >= 0.3 is 5.97 Å². The number of ketones is 1. The van der Waals surface area contributed by atoms with Crippen LogP contribution in [-0.2, 0) is 11.0 Å². The second-order valence-corrected chi connectivity index (χ2v) is 7.86. The lowest BCUT2D eigenvalue weighted by Crippen LogP contribution is -2.11. The fourth-order valence-electron chi connectivity index (χ4n) is 3.14. The van der Waals surface area contributed by atoms with Crippen molar-refractivity contribution in [1.29, 1.82) is 0 Å². The summed E-state index contributed by atoms with van der Waals surface area (Å²) in [5, 5.41) is 15.8. The summed E-state index contributed by atoms with van der Waals surface area (Å²) in [5.41, 5.74) is 0.368. The number of benzene rings is 2. The molecule has 0 radical (unpaired) electrons. The Morgan fingerprint density at radius 3 is 2.47 bits per heavy atom. The first-order valence-electron chi connectivity index (χ1n) is 9.07. The summed E-state index contributed by atoms with van der Waals surface area (Å²) in [6, 6.07) is 9.55. The third-order valence-electron chi connectivity index (χ3n) is 4.68. The van der Waals surface area contributed by atoms with E-state index in [0.717, 1.165) is 12.1 Å². The average Bonchev–Trinajstić information content (AvgIpc) is 3.19. The van der Waals surface area contributed by atoms with Gasteiger partial charge in [-0.05, 0) is 35.9 Å². The third-order valence-corrected chi connectivity index (χ3v) is 5.17. The highest BCUT2D eigenvalue weighted by Gasteiger charge is 2.24. The zero-order valence-corrected chi connectivity index (χ0v) is 17.2. The molecule has 0 aliphatic heterocycles. The number of H-pyrrole nitrogens is 1. The number of carbonyl (C=O) groups is 2. The lowest BCUT2D eigenvalue weighted by Gasteiger charge is -2.09. The average molecular weight is 456 g/mol. The number of hydrogen-bond acceptors (Lipinski definition) is 5. The van der Waals surface area contributed by atoms with Gasteiger partial charge in [0.05, 0.1) is 16.5 Å². The molecule has 32 heavy (non-hydrogen) atoms. The van der Waals surface area contributed by atoms with Gasteiger partial charge in [0.1, 0.15) is 28.2 Å². The molecule has 0 bridgehead atoms. The first kappa shape index (κ1) is 21.2. The van der Waals surface area contributed by atoms with Gasteiger partial charge in [-0.25, -0.2) is 22.8 Å². The number of nitrogens with one attached hydrogen (secondary N) is 2. The molecule has 0 amide bonds. The lowest BCUT2D eigenvalue weighted by atomic mass is 10.0. The Morgan fingerprint density at radius 2 is 1.81 bits per heavy atom. The number of halogens is 2. The Labute approximate surface area is 181 Å². The van der Waals surface area contributed by atoms with Gasteiger partial charge in [0, 0.05) is 18.0 Å². The van der Waals surface area contributed by atoms with Crippen molar-refractivity contribution in [1.82, 2.24) is 15.2 Å². The van der Waals surface area contributed by atoms with Crippen molar-refractivity contribution in [2.45, 2.75) is 0 Å². The molecule has 0 spiro atoms. The molecule has 2 heterocycles. The number of pyridine rings is 1. The summed E-state index contributed by atoms with van der Waals surface area (Å²) in [5.74, 6) is -4.02. The van der Waals surface area contributed by atoms with Crippen LogP contribution >= 0.6 is 0 Å². The minimum Gasteiger partial charge on any atom is -0.478 e. The monoisotopic (exact) mass is 456 g/mol. The molecule has 8 nitrogen and oxygen atoms in total. The largest absolute Gasteiger partial charge is 0.478 e. The molecule has 2 aromatic heterocycles. The van der Waals surface area contributed by atoms with Crippen molar-refractivity contribution < 1.29 is 27.7 Å². The van der Waals surface area contributed by atoms with E-state index in [2.05, 4.69) is 19.9 Å². The Hall–Kier alpha value is -3.99. The maximum atomic E-state index is 14.8. The van der Waals surface area contributed by atoms with E-state index in [1.54, 1.807) is 18.2 Å². The number of hydrogen-bond donors (Lipinski definition) is 3. The normalized spacial score (nSPS) is 12.0. The molecule has 2 aromatic carbocycles. The highest BCUT2D eigenvalue weighted by Crippen LogP contribution is 2.28. The SMILES string of the molecule is CS(=O)Nc1c(F)ccc(C(=O)c2[nH]nc3ncc(-c4ccc(C(=O)O)cc4)cc23)c1F. The van der Waals surface area contributed by atoms with E-state index in [1.165, 1.54) is 24.6 Å². The van der Waals surface area contributed by atoms with Gasteiger partial charge in [-0.15, -0.1) is 0 Å². The van der Waals surface area contributed by atoms with Crippen molar-refractivity contribution in [3.63, 3.8) is 0 Å². The molecule has 3 N–H and O–H groups in total. The van der Waals surface area contributed by atoms with Crippen molar-refractivity contribution in [3.05, 3.63) is 77.1 Å². The number of carbonyl (C=O) groups excluding carboxylic acids is 1. The first-order valence-corrected chi connectivity index (χ1v) is 10.6. The topological polar surface area (TPSA) is 125 Å². The maximum absolute atomic E-state index is 14.8. The minimum atomic E-state index is -1.75. The number of nitrogens with zero attached hydrogens (tertiary/aromatic N) is 2. The molecule has 0 saturated heterocycles. The van der Waals surface area contributed by atoms with Crippen LogP contribution in [0.25, 0.3) is 22.2 Å². The van der Waals surface area contributed by atoms with E-state index in [-0.39, 0.29) is 16.9 Å². The minimum absolute atomic E-state index is 0.0643. The predicted molar refractivity (Wildman–Crippen MR) is 114 cm³/mol. The van der Waals surface area contributed by atoms with Gasteiger partial charge < -0.3 is 9.83 Å². The Morgan fingerprint density at radius 1 is 1.09 bits per heavy atom. The van der Waals surface area contributed by atoms with E-state index in [9.17, 15) is 22.6 Å². The van der Waals surface area contributed by atoms with Crippen LogP contribution in [0.1, 0.15) is 26.4 Å². The van der Waals surface area contributed by atoms with Gasteiger partial charge in [0.2, 0.25) is 5.78 Å². The molecular weight excluding hydrogens is 442 g/mol. The third kappa shape index (κ3) is 3.85. The van der Waals surface area contributed by atoms with Gasteiger partial charge in [-0.3, -0.25) is 9.89 Å². The van der Waals surface area contributed by atoms with E-state index in [0.29, 0.717) is 16.5 Å². The maximum Gasteiger partial charge on any atom is 0.335 e. The molecule has 11 heteroatoms.